The number of nitriles is 1. The molecule has 3 heterocycles. The van der Waals surface area contributed by atoms with E-state index in [9.17, 15) is 14.4 Å². The van der Waals surface area contributed by atoms with E-state index in [0.717, 1.165) is 30.6 Å². The summed E-state index contributed by atoms with van der Waals surface area (Å²) in [5.41, 5.74) is 8.29. The van der Waals surface area contributed by atoms with Crippen LogP contribution in [0.5, 0.6) is 0 Å². The number of imidazole rings is 1. The van der Waals surface area contributed by atoms with Crippen LogP contribution >= 0.6 is 0 Å². The number of anilines is 3. The highest BCUT2D eigenvalue weighted by Crippen LogP contribution is 2.30. The molecule has 3 N–H and O–H groups in total. The number of nitrogens with zero attached hydrogens (tertiary/aromatic N) is 6. The van der Waals surface area contributed by atoms with Crippen LogP contribution < -0.4 is 11.1 Å². The van der Waals surface area contributed by atoms with Gasteiger partial charge in [-0.3, -0.25) is 4.79 Å². The Balaban J connectivity index is 1.54. The quantitative estimate of drug-likeness (QED) is 0.386. The van der Waals surface area contributed by atoms with Crippen molar-refractivity contribution in [3.05, 3.63) is 77.6 Å². The van der Waals surface area contributed by atoms with Gasteiger partial charge in [0.25, 0.3) is 0 Å². The van der Waals surface area contributed by atoms with E-state index in [-0.39, 0.29) is 29.2 Å². The van der Waals surface area contributed by atoms with Crippen LogP contribution in [0.3, 0.4) is 0 Å². The molecule has 0 amide bonds. The summed E-state index contributed by atoms with van der Waals surface area (Å²) in [5, 5.41) is 13.0. The molecule has 0 aliphatic carbocycles. The fraction of sp³-hybridized carbons (Fsp3) is 0.231. The zero-order valence-corrected chi connectivity index (χ0v) is 19.4. The van der Waals surface area contributed by atoms with Gasteiger partial charge >= 0.3 is 0 Å². The number of nitrogens with two attached hydrogens (primary N) is 1. The van der Waals surface area contributed by atoms with Crippen LogP contribution in [0, 0.1) is 17.1 Å². The molecule has 1 unspecified atom stereocenters. The third-order valence-electron chi connectivity index (χ3n) is 6.05. The maximum absolute atomic E-state index is 13.7. The van der Waals surface area contributed by atoms with Crippen molar-refractivity contribution < 1.29 is 9.18 Å². The molecule has 9 nitrogen and oxygen atoms in total. The average molecular weight is 483 g/mol. The van der Waals surface area contributed by atoms with Gasteiger partial charge in [-0.2, -0.15) is 20.2 Å². The van der Waals surface area contributed by atoms with Crippen molar-refractivity contribution in [2.24, 2.45) is 0 Å². The van der Waals surface area contributed by atoms with Crippen LogP contribution in [0.25, 0.3) is 11.4 Å². The Morgan fingerprint density at radius 2 is 1.81 bits per heavy atom. The lowest BCUT2D eigenvalue weighted by Gasteiger charge is -2.11. The number of aromatic nitrogens is 5. The number of para-hydroxylation sites is 1. The summed E-state index contributed by atoms with van der Waals surface area (Å²) in [6.45, 7) is 0.684. The molecule has 0 spiro atoms. The fourth-order valence-electron chi connectivity index (χ4n) is 4.35. The van der Waals surface area contributed by atoms with Gasteiger partial charge in [-0.15, -0.1) is 0 Å². The first-order chi connectivity index (χ1) is 17.5. The van der Waals surface area contributed by atoms with E-state index in [4.69, 9.17) is 5.73 Å². The molecule has 10 heteroatoms. The number of rotatable bonds is 6. The van der Waals surface area contributed by atoms with Crippen molar-refractivity contribution in [1.29, 1.82) is 5.26 Å². The van der Waals surface area contributed by atoms with Gasteiger partial charge < -0.3 is 15.6 Å². The van der Waals surface area contributed by atoms with Gasteiger partial charge in [0, 0.05) is 23.5 Å². The van der Waals surface area contributed by atoms with E-state index in [1.54, 1.807) is 12.1 Å². The van der Waals surface area contributed by atoms with Gasteiger partial charge in [0.05, 0.1) is 6.07 Å². The van der Waals surface area contributed by atoms with Crippen LogP contribution in [-0.4, -0.2) is 30.3 Å². The highest BCUT2D eigenvalue weighted by Gasteiger charge is 2.32. The van der Waals surface area contributed by atoms with Crippen molar-refractivity contribution in [3.63, 3.8) is 0 Å². The molecule has 1 aliphatic heterocycles. The second kappa shape index (κ2) is 9.92. The highest BCUT2D eigenvalue weighted by atomic mass is 19.1. The Bertz CT molecular complexity index is 1440. The molecule has 2 aromatic heterocycles. The Morgan fingerprint density at radius 1 is 1.03 bits per heavy atom. The molecular formula is C26H23FN8O. The standard InChI is InChI=1S/C26H23FN8O/c27-17-12-10-16(11-13-17)24-31-21(20-9-5-2-6-14-35(20)24)22(36)19(15-28)23-32-25(29)34-26(33-23)30-18-7-3-1-4-8-18/h1,3-4,7-8,10-13,19H,2,5-6,9,14H2,(H3,29,30,32,33,34). The number of fused-ring (bicyclic) bond motifs is 1. The molecule has 0 saturated carbocycles. The third-order valence-corrected chi connectivity index (χ3v) is 6.05. The van der Waals surface area contributed by atoms with Gasteiger partial charge in [-0.1, -0.05) is 24.6 Å². The lowest BCUT2D eigenvalue weighted by atomic mass is 9.99. The number of benzene rings is 2. The van der Waals surface area contributed by atoms with E-state index in [1.165, 1.54) is 12.1 Å². The maximum Gasteiger partial charge on any atom is 0.232 e. The number of hydrogen-bond acceptors (Lipinski definition) is 8. The predicted molar refractivity (Wildman–Crippen MR) is 132 cm³/mol. The number of ketones is 1. The van der Waals surface area contributed by atoms with Gasteiger partial charge in [0.2, 0.25) is 17.7 Å². The Kier molecular flexibility index (Phi) is 6.36. The van der Waals surface area contributed by atoms with E-state index in [2.05, 4.69) is 25.3 Å². The first kappa shape index (κ1) is 23.1. The molecule has 1 atom stereocenters. The van der Waals surface area contributed by atoms with Crippen molar-refractivity contribution in [1.82, 2.24) is 24.5 Å². The lowest BCUT2D eigenvalue weighted by Crippen LogP contribution is -2.19. The van der Waals surface area contributed by atoms with Crippen molar-refractivity contribution in [2.45, 2.75) is 38.1 Å². The Labute approximate surface area is 206 Å². The predicted octanol–water partition coefficient (Wildman–Crippen LogP) is 4.42. The molecule has 2 aromatic carbocycles. The van der Waals surface area contributed by atoms with Crippen molar-refractivity contribution >= 4 is 23.4 Å². The highest BCUT2D eigenvalue weighted by molar-refractivity contribution is 6.02. The van der Waals surface area contributed by atoms with Crippen LogP contribution in [0.15, 0.2) is 54.6 Å². The van der Waals surface area contributed by atoms with Gasteiger partial charge in [-0.05, 0) is 55.7 Å². The summed E-state index contributed by atoms with van der Waals surface area (Å²) in [7, 11) is 0. The number of nitrogen functional groups attached to an aromatic ring is 1. The van der Waals surface area contributed by atoms with Gasteiger partial charge in [0.1, 0.15) is 17.3 Å². The van der Waals surface area contributed by atoms with Crippen molar-refractivity contribution in [3.8, 4) is 17.5 Å². The molecule has 1 aliphatic rings. The second-order valence-electron chi connectivity index (χ2n) is 8.49. The number of carbonyl (C=O) groups is 1. The minimum atomic E-state index is -1.32. The number of Topliss-reactive ketones (excluding diaryl/α,β-unsaturated/α-hetero) is 1. The van der Waals surface area contributed by atoms with E-state index in [0.29, 0.717) is 24.4 Å². The normalized spacial score (nSPS) is 13.8. The zero-order chi connectivity index (χ0) is 25.1. The van der Waals surface area contributed by atoms with Crippen LogP contribution in [0.1, 0.15) is 47.2 Å². The molecule has 0 bridgehead atoms. The number of nitrogens with one attached hydrogen (secondary N) is 1. The molecule has 4 aromatic rings. The SMILES string of the molecule is N#CC(C(=O)c1nc(-c2ccc(F)cc2)n2c1CCCCC2)c1nc(N)nc(Nc2ccccc2)n1. The molecule has 0 saturated heterocycles. The topological polar surface area (TPSA) is 135 Å². The molecular weight excluding hydrogens is 459 g/mol. The minimum Gasteiger partial charge on any atom is -0.368 e. The number of carbonyl (C=O) groups excluding carboxylic acids is 1. The monoisotopic (exact) mass is 482 g/mol. The van der Waals surface area contributed by atoms with Gasteiger partial charge in [-0.25, -0.2) is 9.37 Å². The zero-order valence-electron chi connectivity index (χ0n) is 19.4. The fourth-order valence-corrected chi connectivity index (χ4v) is 4.35. The molecule has 0 fully saturated rings. The largest absolute Gasteiger partial charge is 0.368 e. The summed E-state index contributed by atoms with van der Waals surface area (Å²) in [6.07, 6.45) is 3.49. The summed E-state index contributed by atoms with van der Waals surface area (Å²) in [5.74, 6) is -1.63. The summed E-state index contributed by atoms with van der Waals surface area (Å²) >= 11 is 0. The Hall–Kier alpha value is -4.65. The summed E-state index contributed by atoms with van der Waals surface area (Å²) in [6, 6.07) is 17.2. The second-order valence-corrected chi connectivity index (χ2v) is 8.49. The minimum absolute atomic E-state index is 0.0489. The van der Waals surface area contributed by atoms with Crippen molar-refractivity contribution in [2.75, 3.05) is 11.1 Å². The molecule has 180 valence electrons. The Morgan fingerprint density at radius 3 is 2.56 bits per heavy atom. The molecule has 36 heavy (non-hydrogen) atoms. The van der Waals surface area contributed by atoms with Crippen LogP contribution in [0.2, 0.25) is 0 Å². The first-order valence-corrected chi connectivity index (χ1v) is 11.7. The maximum atomic E-state index is 13.7. The molecule has 0 radical (unpaired) electrons. The lowest BCUT2D eigenvalue weighted by molar-refractivity contribution is 0.0970. The molecule has 5 rings (SSSR count). The number of hydrogen-bond donors (Lipinski definition) is 2. The van der Waals surface area contributed by atoms with Crippen LogP contribution in [0.4, 0.5) is 22.0 Å². The first-order valence-electron chi connectivity index (χ1n) is 11.7. The van der Waals surface area contributed by atoms with E-state index < -0.39 is 11.7 Å². The van der Waals surface area contributed by atoms with Gasteiger partial charge in [0.15, 0.2) is 11.7 Å². The smallest absolute Gasteiger partial charge is 0.232 e. The van der Waals surface area contributed by atoms with E-state index >= 15 is 0 Å². The number of halogens is 1. The summed E-state index contributed by atoms with van der Waals surface area (Å²) < 4.78 is 15.5. The van der Waals surface area contributed by atoms with E-state index in [1.807, 2.05) is 41.0 Å². The summed E-state index contributed by atoms with van der Waals surface area (Å²) in [4.78, 5) is 30.9. The third kappa shape index (κ3) is 4.63. The van der Waals surface area contributed by atoms with Crippen LogP contribution in [-0.2, 0) is 13.0 Å². The average Bonchev–Trinajstić information content (AvgIpc) is 3.06.